The number of carbonyl (C=O) groups is 7. The average molecular weight is 998 g/mol. The highest BCUT2D eigenvalue weighted by atomic mass is 35.5. The van der Waals surface area contributed by atoms with Gasteiger partial charge < -0.3 is 28.4 Å². The molecule has 15 heteroatoms. The van der Waals surface area contributed by atoms with Gasteiger partial charge in [-0.15, -0.1) is 11.3 Å². The highest BCUT2D eigenvalue weighted by Crippen LogP contribution is 2.43. The number of carbonyl (C=O) groups excluding carboxylic acids is 7. The molecule has 0 spiro atoms. The second-order valence-corrected chi connectivity index (χ2v) is 21.7. The summed E-state index contributed by atoms with van der Waals surface area (Å²) in [6.07, 6.45) is 6.57. The van der Waals surface area contributed by atoms with Gasteiger partial charge in [0.25, 0.3) is 0 Å². The summed E-state index contributed by atoms with van der Waals surface area (Å²) in [5.74, 6) is -3.17. The monoisotopic (exact) mass is 996 g/mol. The Morgan fingerprint density at radius 3 is 1.47 bits per heavy atom. The number of rotatable bonds is 15. The summed E-state index contributed by atoms with van der Waals surface area (Å²) in [6, 6.07) is 18.4. The molecule has 0 N–H and O–H groups in total. The summed E-state index contributed by atoms with van der Waals surface area (Å²) in [4.78, 5) is 90.5. The number of esters is 6. The Hall–Kier alpha value is -6.12. The number of ketones is 1. The van der Waals surface area contributed by atoms with Crippen molar-refractivity contribution in [3.63, 3.8) is 0 Å². The van der Waals surface area contributed by atoms with Crippen LogP contribution in [0.1, 0.15) is 139 Å². The van der Waals surface area contributed by atoms with Crippen molar-refractivity contribution in [3.8, 4) is 28.7 Å². The van der Waals surface area contributed by atoms with Crippen LogP contribution in [-0.2, 0) is 50.8 Å². The Morgan fingerprint density at radius 2 is 1.01 bits per heavy atom. The highest BCUT2D eigenvalue weighted by Gasteiger charge is 2.36. The van der Waals surface area contributed by atoms with Crippen LogP contribution in [0.2, 0.25) is 4.34 Å². The van der Waals surface area contributed by atoms with Gasteiger partial charge in [-0.25, -0.2) is 0 Å². The second-order valence-electron chi connectivity index (χ2n) is 20.0. The molecule has 2 saturated carbocycles. The summed E-state index contributed by atoms with van der Waals surface area (Å²) in [7, 11) is 0. The minimum Gasteiger partial charge on any atom is -0.466 e. The van der Waals surface area contributed by atoms with Crippen molar-refractivity contribution in [2.45, 2.75) is 124 Å². The Bertz CT molecular complexity index is 2610. The predicted octanol–water partition coefficient (Wildman–Crippen LogP) is 11.6. The fourth-order valence-corrected chi connectivity index (χ4v) is 9.48. The molecule has 0 unspecified atom stereocenters. The van der Waals surface area contributed by atoms with E-state index in [0.29, 0.717) is 95.4 Å². The van der Waals surface area contributed by atoms with Crippen LogP contribution in [0.15, 0.2) is 72.8 Å². The summed E-state index contributed by atoms with van der Waals surface area (Å²) >= 11 is 7.20. The maximum absolute atomic E-state index is 13.7. The summed E-state index contributed by atoms with van der Waals surface area (Å²) in [5.41, 5.74) is 1.81. The van der Waals surface area contributed by atoms with E-state index in [1.54, 1.807) is 36.4 Å². The lowest BCUT2D eigenvalue weighted by Gasteiger charge is -2.30. The van der Waals surface area contributed by atoms with E-state index in [1.165, 1.54) is 44.2 Å². The molecule has 0 atom stereocenters. The molecule has 70 heavy (non-hydrogen) atoms. The first-order valence-electron chi connectivity index (χ1n) is 23.6. The standard InChI is InChI=1S/C55H61ClO13S/c1-32(57)64-28-27-34-9-20-40(21-10-34)66-50(60)35-11-13-36(14-12-35)51(61)67-41-22-24-45(39(29-41)19-23-44(59)48-25-26-49(56)70-48)68-52(62)37-15-17-38(18-16-37)53(63)69-47-31-42(54(3,4)5)46(65-33(2)58)30-43(47)55(6,7)8/h9-10,19-26,29-31,35-38H,11-18,27-28H2,1-8H3/b23-19+. The van der Waals surface area contributed by atoms with Gasteiger partial charge in [-0.3, -0.25) is 33.6 Å². The SMILES string of the molecule is CC(=O)OCCc1ccc(OC(=O)C2CCC(C(=O)Oc3ccc(OC(=O)C4CCC(C(=O)Oc5cc(C(C)(C)C)c(OC(C)=O)cc5C(C)(C)C)CC4)c(/C=C/C(=O)c4ccc(Cl)s4)c3)CC2)cc1. The highest BCUT2D eigenvalue weighted by molar-refractivity contribution is 7.18. The minimum atomic E-state index is -0.522. The van der Waals surface area contributed by atoms with Crippen LogP contribution < -0.4 is 23.7 Å². The van der Waals surface area contributed by atoms with E-state index in [9.17, 15) is 33.6 Å². The van der Waals surface area contributed by atoms with Crippen molar-refractivity contribution >= 4 is 70.6 Å². The molecule has 1 heterocycles. The summed E-state index contributed by atoms with van der Waals surface area (Å²) in [5, 5.41) is 0. The third kappa shape index (κ3) is 14.7. The van der Waals surface area contributed by atoms with E-state index in [4.69, 9.17) is 40.0 Å². The topological polar surface area (TPSA) is 175 Å². The van der Waals surface area contributed by atoms with Crippen molar-refractivity contribution < 1.29 is 62.0 Å². The van der Waals surface area contributed by atoms with E-state index in [0.717, 1.165) is 22.5 Å². The van der Waals surface area contributed by atoms with E-state index in [1.807, 2.05) is 53.7 Å². The quantitative estimate of drug-likeness (QED) is 0.0476. The molecular formula is C55H61ClO13S. The maximum atomic E-state index is 13.7. The van der Waals surface area contributed by atoms with E-state index in [2.05, 4.69) is 0 Å². The molecule has 4 aromatic rings. The van der Waals surface area contributed by atoms with Crippen molar-refractivity contribution in [3.05, 3.63) is 104 Å². The zero-order valence-electron chi connectivity index (χ0n) is 41.0. The molecule has 372 valence electrons. The van der Waals surface area contributed by atoms with Crippen LogP contribution in [0.4, 0.5) is 0 Å². The number of thiophene rings is 1. The number of allylic oxidation sites excluding steroid dienone is 1. The molecule has 0 amide bonds. The van der Waals surface area contributed by atoms with Gasteiger partial charge in [0.2, 0.25) is 0 Å². The van der Waals surface area contributed by atoms with Crippen molar-refractivity contribution in [1.29, 1.82) is 0 Å². The number of hydrogen-bond acceptors (Lipinski definition) is 14. The largest absolute Gasteiger partial charge is 0.466 e. The number of hydrogen-bond donors (Lipinski definition) is 0. The Labute approximate surface area is 418 Å². The Balaban J connectivity index is 1.07. The van der Waals surface area contributed by atoms with E-state index < -0.39 is 52.5 Å². The normalized spacial score (nSPS) is 18.4. The molecule has 2 fully saturated rings. The lowest BCUT2D eigenvalue weighted by atomic mass is 9.80. The smallest absolute Gasteiger partial charge is 0.314 e. The van der Waals surface area contributed by atoms with Gasteiger partial charge in [0.05, 0.1) is 39.5 Å². The predicted molar refractivity (Wildman–Crippen MR) is 265 cm³/mol. The van der Waals surface area contributed by atoms with E-state index in [-0.39, 0.29) is 41.7 Å². The lowest BCUT2D eigenvalue weighted by Crippen LogP contribution is -2.31. The fourth-order valence-electron chi connectivity index (χ4n) is 8.51. The first kappa shape index (κ1) is 53.2. The van der Waals surface area contributed by atoms with Gasteiger partial charge in [-0.2, -0.15) is 0 Å². The molecule has 0 saturated heterocycles. The van der Waals surface area contributed by atoms with Gasteiger partial charge in [0.15, 0.2) is 5.78 Å². The molecule has 2 aliphatic rings. The first-order valence-corrected chi connectivity index (χ1v) is 24.8. The number of ether oxygens (including phenoxy) is 6. The Kier molecular flexibility index (Phi) is 17.6. The van der Waals surface area contributed by atoms with Gasteiger partial charge >= 0.3 is 35.8 Å². The van der Waals surface area contributed by atoms with Gasteiger partial charge in [-0.1, -0.05) is 65.3 Å². The molecule has 0 bridgehead atoms. The molecule has 1 aromatic heterocycles. The number of benzene rings is 3. The number of halogens is 1. The molecule has 2 aliphatic carbocycles. The van der Waals surface area contributed by atoms with Crippen molar-refractivity contribution in [2.75, 3.05) is 6.61 Å². The molecular weight excluding hydrogens is 936 g/mol. The van der Waals surface area contributed by atoms with E-state index >= 15 is 0 Å². The van der Waals surface area contributed by atoms with Crippen LogP contribution in [0.5, 0.6) is 28.7 Å². The van der Waals surface area contributed by atoms with Crippen LogP contribution in [0.3, 0.4) is 0 Å². The zero-order valence-corrected chi connectivity index (χ0v) is 42.6. The maximum Gasteiger partial charge on any atom is 0.314 e. The molecule has 13 nitrogen and oxygen atoms in total. The third-order valence-corrected chi connectivity index (χ3v) is 13.7. The van der Waals surface area contributed by atoms with Crippen LogP contribution in [0.25, 0.3) is 6.08 Å². The minimum absolute atomic E-state index is 0.150. The zero-order chi connectivity index (χ0) is 50.9. The van der Waals surface area contributed by atoms with Gasteiger partial charge in [-0.05, 0) is 135 Å². The fraction of sp³-hybridized carbons (Fsp3) is 0.436. The molecule has 0 aliphatic heterocycles. The Morgan fingerprint density at radius 1 is 0.557 bits per heavy atom. The van der Waals surface area contributed by atoms with Crippen LogP contribution in [-0.4, -0.2) is 48.2 Å². The van der Waals surface area contributed by atoms with Crippen molar-refractivity contribution in [2.24, 2.45) is 23.7 Å². The van der Waals surface area contributed by atoms with Crippen molar-refractivity contribution in [1.82, 2.24) is 0 Å². The molecule has 0 radical (unpaired) electrons. The summed E-state index contributed by atoms with van der Waals surface area (Å²) < 4.78 is 34.6. The first-order chi connectivity index (χ1) is 33.0. The van der Waals surface area contributed by atoms with Gasteiger partial charge in [0, 0.05) is 37.0 Å². The second kappa shape index (κ2) is 23.2. The third-order valence-electron chi connectivity index (χ3n) is 12.4. The van der Waals surface area contributed by atoms with Crippen LogP contribution in [0, 0.1) is 23.7 Å². The molecule has 6 rings (SSSR count). The van der Waals surface area contributed by atoms with Gasteiger partial charge in [0.1, 0.15) is 28.7 Å². The van der Waals surface area contributed by atoms with Crippen LogP contribution >= 0.6 is 22.9 Å². The summed E-state index contributed by atoms with van der Waals surface area (Å²) in [6.45, 7) is 14.9. The average Bonchev–Trinajstić information content (AvgIpc) is 3.75. The lowest BCUT2D eigenvalue weighted by molar-refractivity contribution is -0.145. The molecule has 3 aromatic carbocycles.